The van der Waals surface area contributed by atoms with Crippen LogP contribution in [0.3, 0.4) is 0 Å². The molecule has 0 aliphatic heterocycles. The second kappa shape index (κ2) is 6.79. The normalized spacial score (nSPS) is 12.8. The molecule has 1 rings (SSSR count). The summed E-state index contributed by atoms with van der Waals surface area (Å²) in [6.45, 7) is 2.91. The van der Waals surface area contributed by atoms with E-state index < -0.39 is 0 Å². The molecule has 0 saturated heterocycles. The second-order valence-corrected chi connectivity index (χ2v) is 5.94. The minimum absolute atomic E-state index is 0.573. The van der Waals surface area contributed by atoms with Crippen molar-refractivity contribution < 1.29 is 0 Å². The van der Waals surface area contributed by atoms with Gasteiger partial charge in [0.05, 0.1) is 0 Å². The van der Waals surface area contributed by atoms with Gasteiger partial charge in [0.1, 0.15) is 0 Å². The molecule has 0 aliphatic carbocycles. The van der Waals surface area contributed by atoms with Crippen LogP contribution in [0.5, 0.6) is 0 Å². The van der Waals surface area contributed by atoms with Crippen molar-refractivity contribution in [2.24, 2.45) is 11.7 Å². The number of benzene rings is 1. The molecule has 0 aliphatic rings. The molecule has 1 nitrogen and oxygen atoms in total. The minimum atomic E-state index is 0.573. The maximum Gasteiger partial charge on any atom is 0.0457 e. The van der Waals surface area contributed by atoms with E-state index in [0.717, 1.165) is 27.5 Å². The van der Waals surface area contributed by atoms with Gasteiger partial charge >= 0.3 is 0 Å². The van der Waals surface area contributed by atoms with Crippen molar-refractivity contribution in [2.75, 3.05) is 12.3 Å². The molecule has 0 amide bonds. The third kappa shape index (κ3) is 4.77. The lowest BCUT2D eigenvalue weighted by atomic mass is 10.2. The van der Waals surface area contributed by atoms with Crippen molar-refractivity contribution >= 4 is 39.3 Å². The van der Waals surface area contributed by atoms with Crippen LogP contribution in [0.15, 0.2) is 22.7 Å². The van der Waals surface area contributed by atoms with E-state index in [1.807, 2.05) is 23.9 Å². The van der Waals surface area contributed by atoms with E-state index in [9.17, 15) is 0 Å². The largest absolute Gasteiger partial charge is 0.330 e. The van der Waals surface area contributed by atoms with Gasteiger partial charge in [-0.05, 0) is 35.9 Å². The van der Waals surface area contributed by atoms with Gasteiger partial charge in [0.25, 0.3) is 0 Å². The Hall–Kier alpha value is 0.300. The molecular formula is C11H15BrClNS. The van der Waals surface area contributed by atoms with Gasteiger partial charge in [-0.1, -0.05) is 40.5 Å². The third-order valence-corrected chi connectivity index (χ3v) is 4.24. The summed E-state index contributed by atoms with van der Waals surface area (Å²) in [7, 11) is 0. The maximum absolute atomic E-state index is 6.11. The predicted octanol–water partition coefficient (Wildman–Crippen LogP) is 3.93. The number of rotatable bonds is 5. The highest BCUT2D eigenvalue weighted by molar-refractivity contribution is 9.10. The molecule has 4 heteroatoms. The summed E-state index contributed by atoms with van der Waals surface area (Å²) >= 11 is 11.4. The Labute approximate surface area is 109 Å². The first-order valence-corrected chi connectivity index (χ1v) is 7.17. The van der Waals surface area contributed by atoms with Crippen LogP contribution in [0.2, 0.25) is 5.02 Å². The molecule has 15 heavy (non-hydrogen) atoms. The van der Waals surface area contributed by atoms with Crippen LogP contribution in [0, 0.1) is 5.92 Å². The zero-order valence-corrected chi connectivity index (χ0v) is 11.8. The van der Waals surface area contributed by atoms with Crippen molar-refractivity contribution in [2.45, 2.75) is 12.7 Å². The average Bonchev–Trinajstić information content (AvgIpc) is 2.21. The highest BCUT2D eigenvalue weighted by atomic mass is 79.9. The standard InChI is InChI=1S/C11H15BrClNS/c1-8(5-14)6-15-7-9-2-3-10(12)4-11(9)13/h2-4,8H,5-7,14H2,1H3. The fraction of sp³-hybridized carbons (Fsp3) is 0.455. The zero-order valence-electron chi connectivity index (χ0n) is 8.67. The Morgan fingerprint density at radius 3 is 2.87 bits per heavy atom. The smallest absolute Gasteiger partial charge is 0.0457 e. The van der Waals surface area contributed by atoms with Crippen LogP contribution in [0.25, 0.3) is 0 Å². The molecule has 1 atom stereocenters. The number of hydrogen-bond acceptors (Lipinski definition) is 2. The molecule has 0 heterocycles. The highest BCUT2D eigenvalue weighted by Crippen LogP contribution is 2.25. The van der Waals surface area contributed by atoms with Crippen LogP contribution < -0.4 is 5.73 Å². The number of thioether (sulfide) groups is 1. The van der Waals surface area contributed by atoms with E-state index >= 15 is 0 Å². The quantitative estimate of drug-likeness (QED) is 0.892. The minimum Gasteiger partial charge on any atom is -0.330 e. The summed E-state index contributed by atoms with van der Waals surface area (Å²) in [4.78, 5) is 0. The zero-order chi connectivity index (χ0) is 11.3. The Kier molecular flexibility index (Phi) is 6.05. The Bertz CT molecular complexity index is 319. The molecule has 0 saturated carbocycles. The van der Waals surface area contributed by atoms with Gasteiger partial charge in [-0.3, -0.25) is 0 Å². The summed E-state index contributed by atoms with van der Waals surface area (Å²) in [5.41, 5.74) is 6.74. The summed E-state index contributed by atoms with van der Waals surface area (Å²) in [5.74, 6) is 2.61. The molecule has 1 aromatic carbocycles. The molecular weight excluding hydrogens is 294 g/mol. The van der Waals surface area contributed by atoms with Gasteiger partial charge < -0.3 is 5.73 Å². The van der Waals surface area contributed by atoms with Crippen LogP contribution in [0.1, 0.15) is 12.5 Å². The third-order valence-electron chi connectivity index (χ3n) is 2.08. The van der Waals surface area contributed by atoms with E-state index in [-0.39, 0.29) is 0 Å². The fourth-order valence-electron chi connectivity index (χ4n) is 1.08. The molecule has 2 N–H and O–H groups in total. The molecule has 84 valence electrons. The first-order chi connectivity index (χ1) is 7.13. The number of nitrogens with two attached hydrogens (primary N) is 1. The van der Waals surface area contributed by atoms with Crippen molar-refractivity contribution in [3.05, 3.63) is 33.3 Å². The van der Waals surface area contributed by atoms with E-state index in [2.05, 4.69) is 28.9 Å². The van der Waals surface area contributed by atoms with E-state index in [0.29, 0.717) is 5.92 Å². The van der Waals surface area contributed by atoms with E-state index in [4.69, 9.17) is 17.3 Å². The first kappa shape index (κ1) is 13.4. The molecule has 0 bridgehead atoms. The van der Waals surface area contributed by atoms with E-state index in [1.165, 1.54) is 5.56 Å². The predicted molar refractivity (Wildman–Crippen MR) is 73.5 cm³/mol. The lowest BCUT2D eigenvalue weighted by molar-refractivity contribution is 0.675. The van der Waals surface area contributed by atoms with Gasteiger partial charge in [0.2, 0.25) is 0 Å². The van der Waals surface area contributed by atoms with Crippen molar-refractivity contribution in [3.63, 3.8) is 0 Å². The summed E-state index contributed by atoms with van der Waals surface area (Å²) < 4.78 is 1.02. The van der Waals surface area contributed by atoms with Gasteiger partial charge in [-0.15, -0.1) is 0 Å². The van der Waals surface area contributed by atoms with Gasteiger partial charge in [-0.25, -0.2) is 0 Å². The van der Waals surface area contributed by atoms with Crippen LogP contribution in [0.4, 0.5) is 0 Å². The first-order valence-electron chi connectivity index (χ1n) is 4.85. The molecule has 0 radical (unpaired) electrons. The van der Waals surface area contributed by atoms with Crippen LogP contribution in [-0.4, -0.2) is 12.3 Å². The monoisotopic (exact) mass is 307 g/mol. The molecule has 0 spiro atoms. The SMILES string of the molecule is CC(CN)CSCc1ccc(Br)cc1Cl. The lowest BCUT2D eigenvalue weighted by Crippen LogP contribution is -2.12. The fourth-order valence-corrected chi connectivity index (χ4v) is 3.02. The van der Waals surface area contributed by atoms with Gasteiger partial charge in [0.15, 0.2) is 0 Å². The van der Waals surface area contributed by atoms with Crippen LogP contribution >= 0.6 is 39.3 Å². The van der Waals surface area contributed by atoms with Crippen LogP contribution in [-0.2, 0) is 5.75 Å². The average molecular weight is 309 g/mol. The maximum atomic E-state index is 6.11. The van der Waals surface area contributed by atoms with Gasteiger partial charge in [0, 0.05) is 15.2 Å². The Morgan fingerprint density at radius 2 is 2.27 bits per heavy atom. The summed E-state index contributed by atoms with van der Waals surface area (Å²) in [6.07, 6.45) is 0. The molecule has 0 fully saturated rings. The highest BCUT2D eigenvalue weighted by Gasteiger charge is 2.03. The molecule has 0 aromatic heterocycles. The van der Waals surface area contributed by atoms with Crippen molar-refractivity contribution in [1.82, 2.24) is 0 Å². The van der Waals surface area contributed by atoms with Crippen molar-refractivity contribution in [3.8, 4) is 0 Å². The lowest BCUT2D eigenvalue weighted by Gasteiger charge is -2.08. The van der Waals surface area contributed by atoms with E-state index in [1.54, 1.807) is 0 Å². The summed E-state index contributed by atoms with van der Waals surface area (Å²) in [6, 6.07) is 6.02. The number of halogens is 2. The topological polar surface area (TPSA) is 26.0 Å². The van der Waals surface area contributed by atoms with Gasteiger partial charge in [-0.2, -0.15) is 11.8 Å². The Morgan fingerprint density at radius 1 is 1.53 bits per heavy atom. The summed E-state index contributed by atoms with van der Waals surface area (Å²) in [5, 5.41) is 0.831. The second-order valence-electron chi connectivity index (χ2n) is 3.59. The number of hydrogen-bond donors (Lipinski definition) is 1. The Balaban J connectivity index is 2.44. The van der Waals surface area contributed by atoms with Crippen molar-refractivity contribution in [1.29, 1.82) is 0 Å². The molecule has 1 aromatic rings. The molecule has 1 unspecified atom stereocenters.